The summed E-state index contributed by atoms with van der Waals surface area (Å²) in [5.74, 6) is 1.95. The summed E-state index contributed by atoms with van der Waals surface area (Å²) >= 11 is 0. The second kappa shape index (κ2) is 6.96. The average molecular weight is 353 g/mol. The molecule has 1 aliphatic heterocycles. The van der Waals surface area contributed by atoms with Gasteiger partial charge in [0.05, 0.1) is 11.7 Å². The second-order valence-corrected chi connectivity index (χ2v) is 7.38. The van der Waals surface area contributed by atoms with E-state index in [0.29, 0.717) is 24.5 Å². The van der Waals surface area contributed by atoms with Crippen molar-refractivity contribution in [3.05, 3.63) is 108 Å². The van der Waals surface area contributed by atoms with Gasteiger partial charge >= 0.3 is 0 Å². The Morgan fingerprint density at radius 3 is 2.44 bits per heavy atom. The topological polar surface area (TPSA) is 21.3 Å². The van der Waals surface area contributed by atoms with Gasteiger partial charge in [0.25, 0.3) is 0 Å². The van der Waals surface area contributed by atoms with Crippen LogP contribution in [0, 0.1) is 5.92 Å². The number of hydrogen-bond acceptors (Lipinski definition) is 2. The molecule has 1 aliphatic carbocycles. The number of fused-ring (bicyclic) bond motifs is 3. The van der Waals surface area contributed by atoms with Crippen molar-refractivity contribution in [1.82, 2.24) is 0 Å². The zero-order valence-corrected chi connectivity index (χ0v) is 15.2. The molecule has 5 rings (SSSR count). The Kier molecular flexibility index (Phi) is 4.17. The van der Waals surface area contributed by atoms with Gasteiger partial charge in [-0.2, -0.15) is 0 Å². The van der Waals surface area contributed by atoms with Crippen molar-refractivity contribution in [3.8, 4) is 5.75 Å². The van der Waals surface area contributed by atoms with E-state index >= 15 is 0 Å². The summed E-state index contributed by atoms with van der Waals surface area (Å²) in [6.45, 7) is 0.582. The summed E-state index contributed by atoms with van der Waals surface area (Å²) in [5, 5.41) is 3.82. The first kappa shape index (κ1) is 16.2. The van der Waals surface area contributed by atoms with Gasteiger partial charge in [-0.3, -0.25) is 0 Å². The van der Waals surface area contributed by atoms with Gasteiger partial charge in [-0.05, 0) is 35.1 Å². The Balaban J connectivity index is 1.49. The maximum Gasteiger partial charge on any atom is 0.143 e. The van der Waals surface area contributed by atoms with Crippen LogP contribution in [0.2, 0.25) is 0 Å². The minimum atomic E-state index is 0.306. The van der Waals surface area contributed by atoms with Gasteiger partial charge in [0.15, 0.2) is 0 Å². The Morgan fingerprint density at radius 2 is 1.63 bits per heavy atom. The summed E-state index contributed by atoms with van der Waals surface area (Å²) in [7, 11) is 0. The van der Waals surface area contributed by atoms with E-state index in [2.05, 4.69) is 90.3 Å². The van der Waals surface area contributed by atoms with E-state index in [4.69, 9.17) is 4.74 Å². The molecule has 0 saturated carbocycles. The van der Waals surface area contributed by atoms with Gasteiger partial charge in [-0.1, -0.05) is 84.9 Å². The average Bonchev–Trinajstić information content (AvgIpc) is 3.23. The Morgan fingerprint density at radius 1 is 0.852 bits per heavy atom. The van der Waals surface area contributed by atoms with Crippen molar-refractivity contribution in [3.63, 3.8) is 0 Å². The molecule has 2 heteroatoms. The number of rotatable bonds is 4. The lowest BCUT2D eigenvalue weighted by Crippen LogP contribution is -2.29. The van der Waals surface area contributed by atoms with E-state index in [-0.39, 0.29) is 0 Å². The van der Waals surface area contributed by atoms with Crippen LogP contribution >= 0.6 is 0 Å². The van der Waals surface area contributed by atoms with Crippen LogP contribution in [-0.2, 0) is 6.61 Å². The summed E-state index contributed by atoms with van der Waals surface area (Å²) in [5.41, 5.74) is 5.03. The quantitative estimate of drug-likeness (QED) is 0.573. The third-order valence-electron chi connectivity index (χ3n) is 5.75. The second-order valence-electron chi connectivity index (χ2n) is 7.38. The van der Waals surface area contributed by atoms with E-state index in [1.54, 1.807) is 0 Å². The summed E-state index contributed by atoms with van der Waals surface area (Å²) in [6.07, 6.45) is 5.83. The normalized spacial score (nSPS) is 22.6. The first-order valence-corrected chi connectivity index (χ1v) is 9.68. The third-order valence-corrected chi connectivity index (χ3v) is 5.75. The van der Waals surface area contributed by atoms with Crippen LogP contribution in [0.15, 0.2) is 91.0 Å². The number of nitrogens with one attached hydrogen (secondary N) is 1. The van der Waals surface area contributed by atoms with Crippen molar-refractivity contribution >= 4 is 5.69 Å². The molecule has 0 amide bonds. The highest BCUT2D eigenvalue weighted by Crippen LogP contribution is 2.52. The van der Waals surface area contributed by atoms with Gasteiger partial charge in [0, 0.05) is 5.92 Å². The lowest BCUT2D eigenvalue weighted by Gasteiger charge is -2.38. The molecule has 0 spiro atoms. The summed E-state index contributed by atoms with van der Waals surface area (Å²) in [6, 6.07) is 27.9. The van der Waals surface area contributed by atoms with Crippen molar-refractivity contribution in [2.75, 3.05) is 5.32 Å². The summed E-state index contributed by atoms with van der Waals surface area (Å²) < 4.78 is 6.24. The van der Waals surface area contributed by atoms with Crippen LogP contribution < -0.4 is 10.1 Å². The van der Waals surface area contributed by atoms with Crippen molar-refractivity contribution in [2.45, 2.75) is 25.0 Å². The van der Waals surface area contributed by atoms with Crippen LogP contribution in [-0.4, -0.2) is 0 Å². The lowest BCUT2D eigenvalue weighted by atomic mass is 9.77. The highest BCUT2D eigenvalue weighted by Gasteiger charge is 2.38. The van der Waals surface area contributed by atoms with Gasteiger partial charge in [0.1, 0.15) is 12.4 Å². The molecule has 134 valence electrons. The minimum absolute atomic E-state index is 0.306. The van der Waals surface area contributed by atoms with Crippen LogP contribution in [0.4, 0.5) is 5.69 Å². The van der Waals surface area contributed by atoms with Crippen LogP contribution in [0.5, 0.6) is 5.75 Å². The maximum atomic E-state index is 6.24. The van der Waals surface area contributed by atoms with Crippen LogP contribution in [0.25, 0.3) is 0 Å². The molecule has 2 aliphatic rings. The zero-order valence-electron chi connectivity index (χ0n) is 15.2. The Labute approximate surface area is 160 Å². The third kappa shape index (κ3) is 3.02. The minimum Gasteiger partial charge on any atom is -0.487 e. The molecule has 0 bridgehead atoms. The zero-order chi connectivity index (χ0) is 18.1. The molecular weight excluding hydrogens is 330 g/mol. The van der Waals surface area contributed by atoms with E-state index < -0.39 is 0 Å². The monoisotopic (exact) mass is 353 g/mol. The first-order chi connectivity index (χ1) is 13.4. The molecule has 27 heavy (non-hydrogen) atoms. The van der Waals surface area contributed by atoms with E-state index in [0.717, 1.165) is 17.9 Å². The molecule has 3 atom stereocenters. The predicted molar refractivity (Wildman–Crippen MR) is 110 cm³/mol. The standard InChI is InChI=1S/C25H23NO/c1-3-9-18(10-4-1)17-27-23-16-8-15-22-20-13-7-14-21(20)24(26-25(22)23)19-11-5-2-6-12-19/h1-13,15-16,20-21,24,26H,14,17H2. The number of para-hydroxylation sites is 1. The molecule has 0 fully saturated rings. The molecule has 3 aromatic rings. The largest absolute Gasteiger partial charge is 0.487 e. The smallest absolute Gasteiger partial charge is 0.143 e. The Bertz CT molecular complexity index is 949. The van der Waals surface area contributed by atoms with E-state index in [1.165, 1.54) is 16.7 Å². The number of anilines is 1. The Hall–Kier alpha value is -3.00. The van der Waals surface area contributed by atoms with Gasteiger partial charge < -0.3 is 10.1 Å². The molecule has 0 aromatic heterocycles. The van der Waals surface area contributed by atoms with Crippen molar-refractivity contribution in [1.29, 1.82) is 0 Å². The van der Waals surface area contributed by atoms with Crippen LogP contribution in [0.1, 0.15) is 35.1 Å². The van der Waals surface area contributed by atoms with E-state index in [9.17, 15) is 0 Å². The van der Waals surface area contributed by atoms with Gasteiger partial charge in [0.2, 0.25) is 0 Å². The number of hydrogen-bond donors (Lipinski definition) is 1. The van der Waals surface area contributed by atoms with E-state index in [1.807, 2.05) is 6.07 Å². The molecule has 1 N–H and O–H groups in total. The lowest BCUT2D eigenvalue weighted by molar-refractivity contribution is 0.304. The maximum absolute atomic E-state index is 6.24. The molecule has 2 nitrogen and oxygen atoms in total. The number of allylic oxidation sites excluding steroid dienone is 2. The van der Waals surface area contributed by atoms with Gasteiger partial charge in [-0.25, -0.2) is 0 Å². The molecule has 3 aromatic carbocycles. The fourth-order valence-electron chi connectivity index (χ4n) is 4.44. The highest BCUT2D eigenvalue weighted by atomic mass is 16.5. The molecule has 0 saturated heterocycles. The first-order valence-electron chi connectivity index (χ1n) is 9.68. The molecule has 0 radical (unpaired) electrons. The fourth-order valence-corrected chi connectivity index (χ4v) is 4.44. The van der Waals surface area contributed by atoms with Crippen molar-refractivity contribution < 1.29 is 4.74 Å². The van der Waals surface area contributed by atoms with Crippen molar-refractivity contribution in [2.24, 2.45) is 5.92 Å². The number of benzene rings is 3. The molecule has 1 heterocycles. The van der Waals surface area contributed by atoms with Crippen LogP contribution in [0.3, 0.4) is 0 Å². The van der Waals surface area contributed by atoms with Gasteiger partial charge in [-0.15, -0.1) is 0 Å². The predicted octanol–water partition coefficient (Wildman–Crippen LogP) is 6.09. The SMILES string of the molecule is C1=CC2c3cccc(OCc4ccccc4)c3NC(c3ccccc3)C2C1. The molecular formula is C25H23NO. The fraction of sp³-hybridized carbons (Fsp3) is 0.200. The highest BCUT2D eigenvalue weighted by molar-refractivity contribution is 5.67. The molecule has 3 unspecified atom stereocenters. The number of ether oxygens (including phenoxy) is 1. The summed E-state index contributed by atoms with van der Waals surface area (Å²) in [4.78, 5) is 0.